The maximum atomic E-state index is 5.68. The fraction of sp³-hybridized carbons (Fsp3) is 0.167. The van der Waals surface area contributed by atoms with E-state index in [9.17, 15) is 0 Å². The van der Waals surface area contributed by atoms with Crippen molar-refractivity contribution in [1.82, 2.24) is 4.98 Å². The van der Waals surface area contributed by atoms with E-state index < -0.39 is 0 Å². The summed E-state index contributed by atoms with van der Waals surface area (Å²) in [6, 6.07) is 1.92. The van der Waals surface area contributed by atoms with E-state index in [2.05, 4.69) is 27.6 Å². The second-order valence-corrected chi connectivity index (χ2v) is 3.54. The molecule has 0 amide bonds. The second-order valence-electron chi connectivity index (χ2n) is 1.75. The van der Waals surface area contributed by atoms with Crippen molar-refractivity contribution >= 4 is 45.8 Å². The van der Waals surface area contributed by atoms with E-state index in [4.69, 9.17) is 23.2 Å². The average molecular weight is 288 g/mol. The van der Waals surface area contributed by atoms with E-state index in [1.54, 1.807) is 6.20 Å². The maximum Gasteiger partial charge on any atom is 0.142 e. The lowest BCUT2D eigenvalue weighted by Gasteiger charge is -1.96. The van der Waals surface area contributed by atoms with E-state index in [0.29, 0.717) is 11.0 Å². The van der Waals surface area contributed by atoms with Crippen molar-refractivity contribution in [3.8, 4) is 0 Å². The van der Waals surface area contributed by atoms with Crippen molar-refractivity contribution < 1.29 is 0 Å². The number of hydrogen-bond donors (Lipinski definition) is 0. The van der Waals surface area contributed by atoms with Crippen molar-refractivity contribution in [3.63, 3.8) is 0 Å². The molecule has 0 spiro atoms. The first-order valence-electron chi connectivity index (χ1n) is 2.60. The molecule has 0 fully saturated rings. The highest BCUT2D eigenvalue weighted by atomic mass is 127. The molecular weight excluding hydrogens is 284 g/mol. The molecule has 54 valence electrons. The summed E-state index contributed by atoms with van der Waals surface area (Å²) < 4.78 is 0.942. The van der Waals surface area contributed by atoms with Crippen LogP contribution in [0.3, 0.4) is 0 Å². The molecule has 0 aliphatic carbocycles. The van der Waals surface area contributed by atoms with Gasteiger partial charge in [-0.1, -0.05) is 11.6 Å². The van der Waals surface area contributed by atoms with Gasteiger partial charge in [-0.25, -0.2) is 4.98 Å². The molecule has 0 aliphatic heterocycles. The quantitative estimate of drug-likeness (QED) is 0.439. The van der Waals surface area contributed by atoms with Crippen molar-refractivity contribution in [2.75, 3.05) is 0 Å². The van der Waals surface area contributed by atoms with Crippen LogP contribution in [0, 0.1) is 3.57 Å². The number of alkyl halides is 1. The Morgan fingerprint density at radius 1 is 1.60 bits per heavy atom. The van der Waals surface area contributed by atoms with Crippen LogP contribution in [0.15, 0.2) is 12.3 Å². The predicted octanol–water partition coefficient (Wildman–Crippen LogP) is 3.08. The lowest BCUT2D eigenvalue weighted by Crippen LogP contribution is -1.84. The van der Waals surface area contributed by atoms with Crippen LogP contribution in [0.4, 0.5) is 0 Å². The lowest BCUT2D eigenvalue weighted by molar-refractivity contribution is 1.23. The molecule has 0 unspecified atom stereocenters. The molecule has 1 aromatic rings. The largest absolute Gasteiger partial charge is 0.243 e. The molecule has 1 heterocycles. The molecule has 0 atom stereocenters. The summed E-state index contributed by atoms with van der Waals surface area (Å²) >= 11 is 13.4. The Bertz CT molecular complexity index is 239. The van der Waals surface area contributed by atoms with Gasteiger partial charge in [-0.15, -0.1) is 11.6 Å². The number of aromatic nitrogens is 1. The molecule has 0 saturated heterocycles. The van der Waals surface area contributed by atoms with Crippen molar-refractivity contribution in [3.05, 3.63) is 26.5 Å². The van der Waals surface area contributed by atoms with Gasteiger partial charge in [0.05, 0.1) is 3.57 Å². The summed E-state index contributed by atoms with van der Waals surface area (Å²) in [4.78, 5) is 3.92. The van der Waals surface area contributed by atoms with E-state index in [0.717, 1.165) is 9.13 Å². The Morgan fingerprint density at radius 3 is 2.80 bits per heavy atom. The molecule has 0 saturated carbocycles. The minimum absolute atomic E-state index is 0.486. The molecule has 0 radical (unpaired) electrons. The lowest BCUT2D eigenvalue weighted by atomic mass is 10.3. The Hall–Kier alpha value is 0.460. The van der Waals surface area contributed by atoms with E-state index in [1.807, 2.05) is 6.07 Å². The topological polar surface area (TPSA) is 12.9 Å². The van der Waals surface area contributed by atoms with Crippen molar-refractivity contribution in [2.45, 2.75) is 5.88 Å². The van der Waals surface area contributed by atoms with Crippen LogP contribution in [0.5, 0.6) is 0 Å². The summed E-state index contributed by atoms with van der Waals surface area (Å²) in [5.41, 5.74) is 0.996. The van der Waals surface area contributed by atoms with E-state index in [-0.39, 0.29) is 0 Å². The first-order valence-corrected chi connectivity index (χ1v) is 4.59. The number of hydrogen-bond acceptors (Lipinski definition) is 1. The summed E-state index contributed by atoms with van der Waals surface area (Å²) in [6.45, 7) is 0. The zero-order valence-corrected chi connectivity index (χ0v) is 8.61. The first-order chi connectivity index (χ1) is 4.74. The van der Waals surface area contributed by atoms with Gasteiger partial charge in [0, 0.05) is 12.1 Å². The minimum Gasteiger partial charge on any atom is -0.243 e. The van der Waals surface area contributed by atoms with Crippen LogP contribution in [-0.2, 0) is 5.88 Å². The van der Waals surface area contributed by atoms with Crippen molar-refractivity contribution in [2.24, 2.45) is 0 Å². The number of halogens is 3. The number of pyridine rings is 1. The second kappa shape index (κ2) is 3.74. The van der Waals surface area contributed by atoms with Crippen LogP contribution in [-0.4, -0.2) is 4.98 Å². The fourth-order valence-electron chi connectivity index (χ4n) is 0.534. The smallest absolute Gasteiger partial charge is 0.142 e. The predicted molar refractivity (Wildman–Crippen MR) is 51.5 cm³/mol. The van der Waals surface area contributed by atoms with Gasteiger partial charge in [-0.2, -0.15) is 0 Å². The summed E-state index contributed by atoms with van der Waals surface area (Å²) in [5, 5.41) is 0.537. The molecule has 4 heteroatoms. The molecular formula is C6H4Cl2IN. The monoisotopic (exact) mass is 287 g/mol. The molecule has 0 aromatic carbocycles. The molecule has 1 aromatic heterocycles. The van der Waals surface area contributed by atoms with Crippen molar-refractivity contribution in [1.29, 1.82) is 0 Å². The third kappa shape index (κ3) is 1.97. The minimum atomic E-state index is 0.486. The number of rotatable bonds is 1. The van der Waals surface area contributed by atoms with Gasteiger partial charge in [0.1, 0.15) is 5.15 Å². The average Bonchev–Trinajstić information content (AvgIpc) is 1.95. The van der Waals surface area contributed by atoms with Gasteiger partial charge >= 0.3 is 0 Å². The van der Waals surface area contributed by atoms with Crippen LogP contribution in [0.2, 0.25) is 5.15 Å². The van der Waals surface area contributed by atoms with Gasteiger partial charge < -0.3 is 0 Å². The van der Waals surface area contributed by atoms with Crippen LogP contribution < -0.4 is 0 Å². The molecule has 10 heavy (non-hydrogen) atoms. The van der Waals surface area contributed by atoms with Gasteiger partial charge in [0.25, 0.3) is 0 Å². The van der Waals surface area contributed by atoms with E-state index >= 15 is 0 Å². The Labute approximate surface area is 82.9 Å². The highest BCUT2D eigenvalue weighted by Gasteiger charge is 1.97. The zero-order chi connectivity index (χ0) is 7.56. The summed E-state index contributed by atoms with van der Waals surface area (Å²) in [7, 11) is 0. The standard InChI is InChI=1S/C6H4Cl2IN/c7-2-4-1-5(9)6(8)10-3-4/h1,3H,2H2. The van der Waals surface area contributed by atoms with E-state index in [1.165, 1.54) is 0 Å². The van der Waals surface area contributed by atoms with Crippen LogP contribution in [0.1, 0.15) is 5.56 Å². The Balaban J connectivity index is 3.04. The highest BCUT2D eigenvalue weighted by Crippen LogP contribution is 2.16. The first kappa shape index (κ1) is 8.56. The summed E-state index contributed by atoms with van der Waals surface area (Å²) in [5.74, 6) is 0.486. The normalized spacial score (nSPS) is 9.90. The highest BCUT2D eigenvalue weighted by molar-refractivity contribution is 14.1. The van der Waals surface area contributed by atoms with Gasteiger partial charge in [0.2, 0.25) is 0 Å². The van der Waals surface area contributed by atoms with Crippen LogP contribution in [0.25, 0.3) is 0 Å². The maximum absolute atomic E-state index is 5.68. The molecule has 0 bridgehead atoms. The summed E-state index contributed by atoms with van der Waals surface area (Å²) in [6.07, 6.45) is 1.68. The van der Waals surface area contributed by atoms with Gasteiger partial charge in [0.15, 0.2) is 0 Å². The SMILES string of the molecule is ClCc1cnc(Cl)c(I)c1. The fourth-order valence-corrected chi connectivity index (χ4v) is 1.32. The molecule has 1 rings (SSSR count). The molecule has 1 nitrogen and oxygen atoms in total. The Morgan fingerprint density at radius 2 is 2.30 bits per heavy atom. The third-order valence-corrected chi connectivity index (χ3v) is 2.76. The van der Waals surface area contributed by atoms with Gasteiger partial charge in [-0.05, 0) is 34.2 Å². The molecule has 0 N–H and O–H groups in total. The van der Waals surface area contributed by atoms with Gasteiger partial charge in [-0.3, -0.25) is 0 Å². The zero-order valence-electron chi connectivity index (χ0n) is 4.94. The van der Waals surface area contributed by atoms with Crippen LogP contribution >= 0.6 is 45.8 Å². The third-order valence-electron chi connectivity index (χ3n) is 1.01. The Kier molecular flexibility index (Phi) is 3.20. The molecule has 0 aliphatic rings. The number of nitrogens with zero attached hydrogens (tertiary/aromatic N) is 1.